The Labute approximate surface area is 217 Å². The van der Waals surface area contributed by atoms with Crippen LogP contribution in [0.5, 0.6) is 0 Å². The van der Waals surface area contributed by atoms with Crippen molar-refractivity contribution in [1.29, 1.82) is 0 Å². The Balaban J connectivity index is 1.50. The summed E-state index contributed by atoms with van der Waals surface area (Å²) >= 11 is 1.79. The van der Waals surface area contributed by atoms with Crippen molar-refractivity contribution in [1.82, 2.24) is 21.3 Å². The number of hydrogen-bond acceptors (Lipinski definition) is 7. The van der Waals surface area contributed by atoms with Gasteiger partial charge in [-0.25, -0.2) is 9.36 Å². The van der Waals surface area contributed by atoms with Gasteiger partial charge in [0.05, 0.1) is 17.7 Å². The molecule has 0 aromatic carbocycles. The zero-order valence-electron chi connectivity index (χ0n) is 20.9. The minimum Gasteiger partial charge on any atom is -0.356 e. The van der Waals surface area contributed by atoms with Crippen molar-refractivity contribution in [2.75, 3.05) is 32.6 Å². The molecule has 2 rings (SSSR count). The number of amides is 4. The second kappa shape index (κ2) is 14.2. The van der Waals surface area contributed by atoms with Crippen molar-refractivity contribution < 1.29 is 32.9 Å². The van der Waals surface area contributed by atoms with E-state index in [9.17, 15) is 18.9 Å². The molecule has 2 saturated heterocycles. The molecule has 0 bridgehead atoms. The molecule has 0 saturated carbocycles. The van der Waals surface area contributed by atoms with Crippen molar-refractivity contribution >= 4 is 37.4 Å². The Kier molecular flexibility index (Phi) is 12.0. The molecule has 0 aromatic rings. The van der Waals surface area contributed by atoms with E-state index in [0.717, 1.165) is 45.0 Å². The highest BCUT2D eigenvalue weighted by Gasteiger charge is 2.63. The minimum atomic E-state index is -4.01. The molecular formula is C23H39N4O7PS. The molecule has 0 spiro atoms. The largest absolute Gasteiger partial charge is 0.471 e. The van der Waals surface area contributed by atoms with Gasteiger partial charge in [-0.15, -0.1) is 13.2 Å². The van der Waals surface area contributed by atoms with Gasteiger partial charge in [0.2, 0.25) is 11.8 Å². The lowest BCUT2D eigenvalue weighted by Crippen LogP contribution is -2.59. The summed E-state index contributed by atoms with van der Waals surface area (Å²) in [6.07, 6.45) is 9.16. The van der Waals surface area contributed by atoms with Gasteiger partial charge in [0.15, 0.2) is 0 Å². The number of nitrogens with one attached hydrogen (secondary N) is 4. The van der Waals surface area contributed by atoms with Gasteiger partial charge in [0, 0.05) is 44.0 Å². The van der Waals surface area contributed by atoms with E-state index in [0.29, 0.717) is 25.8 Å². The molecule has 36 heavy (non-hydrogen) atoms. The Morgan fingerprint density at radius 3 is 2.42 bits per heavy atom. The number of carbonyl (C=O) groups excluding carboxylic acids is 3. The number of fused-ring (bicyclic) bond motifs is 1. The van der Waals surface area contributed by atoms with Gasteiger partial charge >= 0.3 is 13.9 Å². The van der Waals surface area contributed by atoms with Crippen molar-refractivity contribution in [3.8, 4) is 0 Å². The van der Waals surface area contributed by atoms with Crippen LogP contribution in [-0.2, 0) is 23.2 Å². The monoisotopic (exact) mass is 546 g/mol. The van der Waals surface area contributed by atoms with Crippen molar-refractivity contribution in [3.63, 3.8) is 0 Å². The topological polar surface area (TPSA) is 155 Å². The van der Waals surface area contributed by atoms with E-state index in [4.69, 9.17) is 4.89 Å². The first-order chi connectivity index (χ1) is 17.1. The van der Waals surface area contributed by atoms with E-state index in [2.05, 4.69) is 43.5 Å². The summed E-state index contributed by atoms with van der Waals surface area (Å²) in [6, 6.07) is -0.201. The number of thioether (sulfide) groups is 1. The predicted octanol–water partition coefficient (Wildman–Crippen LogP) is 2.38. The van der Waals surface area contributed by atoms with Gasteiger partial charge in [-0.2, -0.15) is 11.8 Å². The van der Waals surface area contributed by atoms with E-state index in [-0.39, 0.29) is 36.2 Å². The molecule has 2 fully saturated rings. The third-order valence-corrected chi connectivity index (χ3v) is 9.12. The molecule has 5 N–H and O–H groups in total. The van der Waals surface area contributed by atoms with Crippen LogP contribution in [0.15, 0.2) is 25.3 Å². The molecule has 2 unspecified atom stereocenters. The van der Waals surface area contributed by atoms with E-state index in [1.165, 1.54) is 0 Å². The summed E-state index contributed by atoms with van der Waals surface area (Å²) in [5, 5.41) is 11.7. The summed E-state index contributed by atoms with van der Waals surface area (Å²) < 4.78 is 20.0. The highest BCUT2D eigenvalue weighted by molar-refractivity contribution is 8.00. The SMILES string of the molecule is C=C[C@]12CSC(CCCCC(=O)NCCCCCC(=O)NCCOP(=O)(O)OC)[C@@]1(C=C)NC(=O)N2. The average Bonchev–Trinajstić information content (AvgIpc) is 3.31. The van der Waals surface area contributed by atoms with Crippen LogP contribution < -0.4 is 21.3 Å². The Morgan fingerprint density at radius 1 is 1.11 bits per heavy atom. The number of rotatable bonds is 18. The fraction of sp³-hybridized carbons (Fsp3) is 0.696. The molecule has 0 radical (unpaired) electrons. The molecule has 0 aromatic heterocycles. The van der Waals surface area contributed by atoms with E-state index < -0.39 is 18.9 Å². The van der Waals surface area contributed by atoms with Gasteiger partial charge in [-0.05, 0) is 25.7 Å². The lowest BCUT2D eigenvalue weighted by atomic mass is 9.76. The van der Waals surface area contributed by atoms with Gasteiger partial charge in [0.25, 0.3) is 0 Å². The van der Waals surface area contributed by atoms with E-state index in [1.807, 2.05) is 6.08 Å². The number of carbonyl (C=O) groups is 3. The Bertz CT molecular complexity index is 860. The highest BCUT2D eigenvalue weighted by atomic mass is 32.2. The quantitative estimate of drug-likeness (QED) is 0.0760. The molecule has 204 valence electrons. The van der Waals surface area contributed by atoms with E-state index in [1.54, 1.807) is 17.8 Å². The number of urea groups is 1. The third kappa shape index (κ3) is 8.08. The number of phosphoric acid groups is 1. The predicted molar refractivity (Wildman–Crippen MR) is 140 cm³/mol. The first-order valence-electron chi connectivity index (χ1n) is 12.2. The fourth-order valence-electron chi connectivity index (χ4n) is 4.49. The molecular weight excluding hydrogens is 507 g/mol. The molecule has 0 aliphatic carbocycles. The number of hydrogen-bond donors (Lipinski definition) is 5. The van der Waals surface area contributed by atoms with Crippen molar-refractivity contribution in [2.45, 2.75) is 67.7 Å². The summed E-state index contributed by atoms with van der Waals surface area (Å²) in [6.45, 7) is 8.47. The maximum Gasteiger partial charge on any atom is 0.471 e. The lowest BCUT2D eigenvalue weighted by molar-refractivity contribution is -0.122. The van der Waals surface area contributed by atoms with Crippen LogP contribution in [0.4, 0.5) is 4.79 Å². The highest BCUT2D eigenvalue weighted by Crippen LogP contribution is 2.49. The molecule has 2 aliphatic rings. The summed E-state index contributed by atoms with van der Waals surface area (Å²) in [4.78, 5) is 45.0. The first kappa shape index (κ1) is 30.4. The molecule has 4 amide bonds. The van der Waals surface area contributed by atoms with Crippen LogP contribution in [0.25, 0.3) is 0 Å². The molecule has 11 nitrogen and oxygen atoms in total. The Hall–Kier alpha value is -1.85. The lowest BCUT2D eigenvalue weighted by Gasteiger charge is -2.37. The van der Waals surface area contributed by atoms with Crippen LogP contribution in [0, 0.1) is 0 Å². The maximum absolute atomic E-state index is 12.1. The first-order valence-corrected chi connectivity index (χ1v) is 14.7. The summed E-state index contributed by atoms with van der Waals surface area (Å²) in [5.74, 6) is 0.590. The second-order valence-corrected chi connectivity index (χ2v) is 11.6. The van der Waals surface area contributed by atoms with Crippen LogP contribution in [0.3, 0.4) is 0 Å². The van der Waals surface area contributed by atoms with Crippen LogP contribution in [-0.4, -0.2) is 71.6 Å². The summed E-state index contributed by atoms with van der Waals surface area (Å²) in [7, 11) is -2.94. The van der Waals surface area contributed by atoms with Crippen LogP contribution >= 0.6 is 19.6 Å². The van der Waals surface area contributed by atoms with Gasteiger partial charge in [-0.1, -0.05) is 25.0 Å². The zero-order valence-corrected chi connectivity index (χ0v) is 22.6. The van der Waals surface area contributed by atoms with Gasteiger partial charge < -0.3 is 26.2 Å². The zero-order chi connectivity index (χ0) is 26.7. The molecule has 2 aliphatic heterocycles. The molecule has 2 heterocycles. The second-order valence-electron chi connectivity index (χ2n) is 8.87. The standard InChI is InChI=1S/C23H39N4O7PS/c1-4-22-17-36-18(23(22,5-2)27-21(30)26-22)11-8-9-13-19(28)24-14-10-6-7-12-20(29)25-15-16-34-35(31,32)33-3/h4-5,18H,1-2,6-17H2,3H3,(H,24,28)(H,25,29)(H,31,32)(H2,26,27,30)/t18?,22-,23+/m0/s1. The molecule has 13 heteroatoms. The van der Waals surface area contributed by atoms with Crippen LogP contribution in [0.2, 0.25) is 0 Å². The van der Waals surface area contributed by atoms with Crippen molar-refractivity contribution in [3.05, 3.63) is 25.3 Å². The van der Waals surface area contributed by atoms with Crippen LogP contribution in [0.1, 0.15) is 51.4 Å². The van der Waals surface area contributed by atoms with Crippen molar-refractivity contribution in [2.24, 2.45) is 0 Å². The average molecular weight is 547 g/mol. The Morgan fingerprint density at radius 2 is 1.78 bits per heavy atom. The van der Waals surface area contributed by atoms with E-state index >= 15 is 0 Å². The minimum absolute atomic E-state index is 0.0127. The van der Waals surface area contributed by atoms with Gasteiger partial charge in [0.1, 0.15) is 0 Å². The maximum atomic E-state index is 12.1. The van der Waals surface area contributed by atoms with Gasteiger partial charge in [-0.3, -0.25) is 18.6 Å². The number of phosphoric ester groups is 1. The fourth-order valence-corrected chi connectivity index (χ4v) is 6.77. The number of unbranched alkanes of at least 4 members (excludes halogenated alkanes) is 3. The molecule has 4 atom stereocenters. The normalized spacial score (nSPS) is 26.3. The smallest absolute Gasteiger partial charge is 0.356 e. The third-order valence-electron chi connectivity index (χ3n) is 6.52. The summed E-state index contributed by atoms with van der Waals surface area (Å²) in [5.41, 5.74) is -1.08.